The van der Waals surface area contributed by atoms with Gasteiger partial charge in [0.15, 0.2) is 0 Å². The lowest BCUT2D eigenvalue weighted by Crippen LogP contribution is -2.47. The summed E-state index contributed by atoms with van der Waals surface area (Å²) in [5.74, 6) is 0. The lowest BCUT2D eigenvalue weighted by molar-refractivity contribution is 0.00709. The van der Waals surface area contributed by atoms with E-state index in [0.717, 1.165) is 12.8 Å². The third-order valence-corrected chi connectivity index (χ3v) is 3.06. The van der Waals surface area contributed by atoms with Crippen LogP contribution in [0.15, 0.2) is 15.8 Å². The van der Waals surface area contributed by atoms with Crippen molar-refractivity contribution in [2.45, 2.75) is 25.3 Å². The second kappa shape index (κ2) is 4.18. The van der Waals surface area contributed by atoms with Crippen molar-refractivity contribution in [2.75, 3.05) is 13.2 Å². The zero-order valence-electron chi connectivity index (χ0n) is 9.52. The first-order chi connectivity index (χ1) is 8.07. The number of nitriles is 1. The Morgan fingerprint density at radius 3 is 2.94 bits per heavy atom. The quantitative estimate of drug-likeness (QED) is 0.738. The van der Waals surface area contributed by atoms with Crippen LogP contribution in [0.25, 0.3) is 0 Å². The van der Waals surface area contributed by atoms with E-state index >= 15 is 0 Å². The van der Waals surface area contributed by atoms with Crippen molar-refractivity contribution in [3.05, 3.63) is 32.6 Å². The number of nitrogens with zero attached hydrogens (tertiary/aromatic N) is 2. The number of ether oxygens (including phenoxy) is 1. The van der Waals surface area contributed by atoms with Gasteiger partial charge in [-0.1, -0.05) is 0 Å². The van der Waals surface area contributed by atoms with E-state index in [9.17, 15) is 9.59 Å². The van der Waals surface area contributed by atoms with Crippen LogP contribution < -0.4 is 11.2 Å². The van der Waals surface area contributed by atoms with Crippen LogP contribution in [0.3, 0.4) is 0 Å². The van der Waals surface area contributed by atoms with E-state index < -0.39 is 16.8 Å². The summed E-state index contributed by atoms with van der Waals surface area (Å²) in [5, 5.41) is 8.80. The fourth-order valence-electron chi connectivity index (χ4n) is 2.06. The molecule has 1 atom stereocenters. The van der Waals surface area contributed by atoms with Crippen molar-refractivity contribution >= 4 is 0 Å². The van der Waals surface area contributed by atoms with Gasteiger partial charge in [-0.3, -0.25) is 14.3 Å². The number of hydrogen-bond acceptors (Lipinski definition) is 4. The van der Waals surface area contributed by atoms with Crippen LogP contribution >= 0.6 is 0 Å². The molecular weight excluding hydrogens is 222 g/mol. The van der Waals surface area contributed by atoms with Gasteiger partial charge in [0.25, 0.3) is 5.56 Å². The largest absolute Gasteiger partial charge is 0.379 e. The van der Waals surface area contributed by atoms with Gasteiger partial charge in [-0.25, -0.2) is 4.79 Å². The summed E-state index contributed by atoms with van der Waals surface area (Å²) in [4.78, 5) is 25.2. The normalized spacial score (nSPS) is 24.2. The summed E-state index contributed by atoms with van der Waals surface area (Å²) in [6.45, 7) is 2.97. The Morgan fingerprint density at radius 2 is 2.35 bits per heavy atom. The maximum atomic E-state index is 11.8. The molecule has 0 aliphatic carbocycles. The minimum Gasteiger partial charge on any atom is -0.379 e. The lowest BCUT2D eigenvalue weighted by Gasteiger charge is -2.34. The molecular formula is C11H13N3O3. The van der Waals surface area contributed by atoms with Crippen LogP contribution in [0, 0.1) is 11.3 Å². The maximum Gasteiger partial charge on any atom is 0.328 e. The SMILES string of the molecule is CC1(n2cc(C#N)c(=O)[nH]c2=O)CCCOC1. The molecule has 1 unspecified atom stereocenters. The number of hydrogen-bond donors (Lipinski definition) is 1. The number of H-pyrrole nitrogens is 1. The second-order valence-electron chi connectivity index (χ2n) is 4.44. The molecule has 1 aromatic heterocycles. The molecule has 1 aliphatic heterocycles. The average molecular weight is 235 g/mol. The summed E-state index contributed by atoms with van der Waals surface area (Å²) < 4.78 is 6.76. The third kappa shape index (κ3) is 2.01. The molecule has 1 aromatic rings. The molecule has 1 fully saturated rings. The molecule has 2 heterocycles. The number of rotatable bonds is 1. The Bertz CT molecular complexity index is 573. The Labute approximate surface area is 97.5 Å². The van der Waals surface area contributed by atoms with Gasteiger partial charge in [0.2, 0.25) is 0 Å². The minimum absolute atomic E-state index is 0.0589. The predicted molar refractivity (Wildman–Crippen MR) is 59.7 cm³/mol. The standard InChI is InChI=1S/C11H13N3O3/c1-11(3-2-4-17-7-11)14-6-8(5-12)9(15)13-10(14)16/h6H,2-4,7H2,1H3,(H,13,15,16). The predicted octanol–water partition coefficient (Wildman–Crippen LogP) is -0.0661. The van der Waals surface area contributed by atoms with Gasteiger partial charge in [0.05, 0.1) is 12.1 Å². The van der Waals surface area contributed by atoms with Gasteiger partial charge >= 0.3 is 5.69 Å². The van der Waals surface area contributed by atoms with E-state index in [0.29, 0.717) is 13.2 Å². The summed E-state index contributed by atoms with van der Waals surface area (Å²) in [6, 6.07) is 1.77. The average Bonchev–Trinajstić information content (AvgIpc) is 2.30. The Kier molecular flexibility index (Phi) is 2.86. The first kappa shape index (κ1) is 11.6. The highest BCUT2D eigenvalue weighted by molar-refractivity contribution is 5.22. The van der Waals surface area contributed by atoms with Gasteiger partial charge in [0, 0.05) is 12.8 Å². The van der Waals surface area contributed by atoms with Crippen LogP contribution in [0.4, 0.5) is 0 Å². The van der Waals surface area contributed by atoms with Crippen molar-refractivity contribution in [1.82, 2.24) is 9.55 Å². The van der Waals surface area contributed by atoms with Gasteiger partial charge in [-0.15, -0.1) is 0 Å². The monoisotopic (exact) mass is 235 g/mol. The van der Waals surface area contributed by atoms with Crippen LogP contribution in [0.2, 0.25) is 0 Å². The lowest BCUT2D eigenvalue weighted by atomic mass is 9.94. The fourth-order valence-corrected chi connectivity index (χ4v) is 2.06. The Hall–Kier alpha value is -1.87. The number of aromatic amines is 1. The van der Waals surface area contributed by atoms with E-state index in [4.69, 9.17) is 10.00 Å². The molecule has 0 spiro atoms. The minimum atomic E-state index is -0.644. The number of nitrogens with one attached hydrogen (secondary N) is 1. The van der Waals surface area contributed by atoms with Crippen LogP contribution in [-0.2, 0) is 10.3 Å². The zero-order valence-corrected chi connectivity index (χ0v) is 9.52. The number of aromatic nitrogens is 2. The smallest absolute Gasteiger partial charge is 0.328 e. The topological polar surface area (TPSA) is 87.9 Å². The van der Waals surface area contributed by atoms with Crippen molar-refractivity contribution < 1.29 is 4.74 Å². The molecule has 0 bridgehead atoms. The van der Waals surface area contributed by atoms with Crippen molar-refractivity contribution in [3.63, 3.8) is 0 Å². The second-order valence-corrected chi connectivity index (χ2v) is 4.44. The molecule has 6 heteroatoms. The van der Waals surface area contributed by atoms with Crippen LogP contribution in [0.1, 0.15) is 25.3 Å². The van der Waals surface area contributed by atoms with Crippen LogP contribution in [0.5, 0.6) is 0 Å². The van der Waals surface area contributed by atoms with Gasteiger partial charge < -0.3 is 4.74 Å². The Morgan fingerprint density at radius 1 is 1.59 bits per heavy atom. The molecule has 1 aliphatic rings. The van der Waals surface area contributed by atoms with Crippen molar-refractivity contribution in [1.29, 1.82) is 5.26 Å². The Balaban J connectivity index is 2.55. The molecule has 6 nitrogen and oxygen atoms in total. The van der Waals surface area contributed by atoms with E-state index in [1.54, 1.807) is 6.07 Å². The van der Waals surface area contributed by atoms with Crippen molar-refractivity contribution in [3.8, 4) is 6.07 Å². The first-order valence-corrected chi connectivity index (χ1v) is 5.41. The molecule has 0 amide bonds. The zero-order chi connectivity index (χ0) is 12.5. The van der Waals surface area contributed by atoms with Gasteiger partial charge in [-0.05, 0) is 19.8 Å². The molecule has 90 valence electrons. The van der Waals surface area contributed by atoms with Gasteiger partial charge in [-0.2, -0.15) is 5.26 Å². The molecule has 17 heavy (non-hydrogen) atoms. The highest BCUT2D eigenvalue weighted by Crippen LogP contribution is 2.24. The highest BCUT2D eigenvalue weighted by atomic mass is 16.5. The molecule has 0 radical (unpaired) electrons. The summed E-state index contributed by atoms with van der Waals surface area (Å²) in [7, 11) is 0. The fraction of sp³-hybridized carbons (Fsp3) is 0.545. The molecule has 0 saturated carbocycles. The van der Waals surface area contributed by atoms with Crippen LogP contribution in [-0.4, -0.2) is 22.8 Å². The summed E-state index contributed by atoms with van der Waals surface area (Å²) in [6.07, 6.45) is 2.95. The van der Waals surface area contributed by atoms with E-state index in [1.807, 2.05) is 6.92 Å². The van der Waals surface area contributed by atoms with E-state index in [2.05, 4.69) is 4.98 Å². The third-order valence-electron chi connectivity index (χ3n) is 3.06. The first-order valence-electron chi connectivity index (χ1n) is 5.41. The van der Waals surface area contributed by atoms with E-state index in [1.165, 1.54) is 10.8 Å². The summed E-state index contributed by atoms with van der Waals surface area (Å²) >= 11 is 0. The molecule has 0 aromatic carbocycles. The molecule has 1 saturated heterocycles. The van der Waals surface area contributed by atoms with Crippen molar-refractivity contribution in [2.24, 2.45) is 0 Å². The van der Waals surface area contributed by atoms with Gasteiger partial charge in [0.1, 0.15) is 11.6 Å². The molecule has 1 N–H and O–H groups in total. The molecule has 2 rings (SSSR count). The van der Waals surface area contributed by atoms with E-state index in [-0.39, 0.29) is 5.56 Å². The summed E-state index contributed by atoms with van der Waals surface area (Å²) in [5.41, 5.74) is -1.70. The maximum absolute atomic E-state index is 11.8. The highest BCUT2D eigenvalue weighted by Gasteiger charge is 2.31.